The van der Waals surface area contributed by atoms with Gasteiger partial charge < -0.3 is 19.9 Å². The number of aliphatic carboxylic acids is 1. The third-order valence-corrected chi connectivity index (χ3v) is 4.64. The second-order valence-electron chi connectivity index (χ2n) is 6.54. The third kappa shape index (κ3) is 4.63. The minimum atomic E-state index is -1.34. The molecule has 2 aromatic carbocycles. The van der Waals surface area contributed by atoms with Gasteiger partial charge in [-0.25, -0.2) is 9.59 Å². The highest BCUT2D eigenvalue weighted by Crippen LogP contribution is 2.44. The Bertz CT molecular complexity index is 893. The first kappa shape index (κ1) is 20.1. The number of nitrogens with one attached hydrogen (secondary N) is 1. The molecule has 0 heterocycles. The van der Waals surface area contributed by atoms with Gasteiger partial charge in [-0.15, -0.1) is 0 Å². The van der Waals surface area contributed by atoms with E-state index >= 15 is 0 Å². The molecule has 2 aromatic rings. The molecule has 0 unspecified atom stereocenters. The van der Waals surface area contributed by atoms with Crippen LogP contribution >= 0.6 is 0 Å². The van der Waals surface area contributed by atoms with Crippen LogP contribution in [0.4, 0.5) is 4.79 Å². The van der Waals surface area contributed by atoms with Gasteiger partial charge in [-0.2, -0.15) is 0 Å². The summed E-state index contributed by atoms with van der Waals surface area (Å²) in [7, 11) is 0. The van der Waals surface area contributed by atoms with Crippen LogP contribution in [-0.2, 0) is 19.1 Å². The van der Waals surface area contributed by atoms with Crippen LogP contribution < -0.4 is 5.32 Å². The van der Waals surface area contributed by atoms with Crippen LogP contribution in [0.5, 0.6) is 0 Å². The molecule has 1 aliphatic rings. The van der Waals surface area contributed by atoms with Gasteiger partial charge in [0, 0.05) is 5.92 Å². The van der Waals surface area contributed by atoms with E-state index in [9.17, 15) is 14.4 Å². The number of amides is 1. The molecule has 1 aliphatic carbocycles. The Morgan fingerprint density at radius 3 is 2.17 bits per heavy atom. The zero-order valence-electron chi connectivity index (χ0n) is 15.7. The summed E-state index contributed by atoms with van der Waals surface area (Å²) in [6.45, 7) is 3.39. The molecule has 7 heteroatoms. The van der Waals surface area contributed by atoms with Gasteiger partial charge in [-0.05, 0) is 22.3 Å². The minimum Gasteiger partial charge on any atom is -0.481 e. The van der Waals surface area contributed by atoms with Crippen LogP contribution in [0.1, 0.15) is 23.5 Å². The van der Waals surface area contributed by atoms with Gasteiger partial charge in [0.15, 0.2) is 0 Å². The van der Waals surface area contributed by atoms with E-state index in [0.29, 0.717) is 0 Å². The predicted octanol–water partition coefficient (Wildman–Crippen LogP) is 3.10. The number of carboxylic acid groups (broad SMARTS) is 1. The number of ether oxygens (including phenoxy) is 2. The molecule has 3 rings (SSSR count). The fourth-order valence-corrected chi connectivity index (χ4v) is 3.39. The number of fused-ring (bicyclic) bond motifs is 3. The fourth-order valence-electron chi connectivity index (χ4n) is 3.39. The zero-order valence-corrected chi connectivity index (χ0v) is 15.7. The van der Waals surface area contributed by atoms with Crippen molar-refractivity contribution >= 4 is 18.0 Å². The summed E-state index contributed by atoms with van der Waals surface area (Å²) in [6, 6.07) is 14.4. The van der Waals surface area contributed by atoms with Crippen molar-refractivity contribution in [2.45, 2.75) is 18.4 Å². The highest BCUT2D eigenvalue weighted by molar-refractivity contribution is 5.86. The Balaban J connectivity index is 1.67. The van der Waals surface area contributed by atoms with Gasteiger partial charge in [0.2, 0.25) is 0 Å². The predicted molar refractivity (Wildman–Crippen MR) is 105 cm³/mol. The molecule has 1 atom stereocenters. The maximum atomic E-state index is 12.2. The van der Waals surface area contributed by atoms with Crippen molar-refractivity contribution in [2.75, 3.05) is 13.2 Å². The molecule has 1 amide bonds. The van der Waals surface area contributed by atoms with E-state index in [1.54, 1.807) is 0 Å². The first-order valence-electron chi connectivity index (χ1n) is 9.12. The lowest BCUT2D eigenvalue weighted by Crippen LogP contribution is -2.43. The molecule has 0 aliphatic heterocycles. The summed E-state index contributed by atoms with van der Waals surface area (Å²) < 4.78 is 10.2. The van der Waals surface area contributed by atoms with Gasteiger partial charge in [-0.1, -0.05) is 61.2 Å². The van der Waals surface area contributed by atoms with Crippen LogP contribution in [0.15, 0.2) is 61.2 Å². The van der Waals surface area contributed by atoms with Crippen LogP contribution in [0, 0.1) is 0 Å². The van der Waals surface area contributed by atoms with Gasteiger partial charge in [0.1, 0.15) is 19.3 Å². The Hall–Kier alpha value is -3.61. The maximum Gasteiger partial charge on any atom is 0.407 e. The van der Waals surface area contributed by atoms with E-state index in [4.69, 9.17) is 14.6 Å². The van der Waals surface area contributed by atoms with Gasteiger partial charge in [-0.3, -0.25) is 4.79 Å². The lowest BCUT2D eigenvalue weighted by Gasteiger charge is -2.18. The summed E-state index contributed by atoms with van der Waals surface area (Å²) in [6.07, 6.45) is -0.142. The third-order valence-electron chi connectivity index (χ3n) is 4.64. The largest absolute Gasteiger partial charge is 0.481 e. The molecule has 0 spiro atoms. The second-order valence-corrected chi connectivity index (χ2v) is 6.54. The van der Waals surface area contributed by atoms with Gasteiger partial charge in [0.05, 0.1) is 6.42 Å². The quantitative estimate of drug-likeness (QED) is 0.526. The van der Waals surface area contributed by atoms with Gasteiger partial charge >= 0.3 is 18.0 Å². The molecule has 0 radical (unpaired) electrons. The molecular formula is C22H21NO6. The lowest BCUT2D eigenvalue weighted by molar-refractivity contribution is -0.149. The monoisotopic (exact) mass is 395 g/mol. The number of hydrogen-bond acceptors (Lipinski definition) is 5. The molecule has 2 N–H and O–H groups in total. The number of benzene rings is 2. The number of alkyl carbamates (subject to hydrolysis) is 1. The number of carboxylic acids is 1. The highest BCUT2D eigenvalue weighted by Gasteiger charge is 2.30. The van der Waals surface area contributed by atoms with Crippen LogP contribution in [0.3, 0.4) is 0 Å². The summed E-state index contributed by atoms with van der Waals surface area (Å²) >= 11 is 0. The average Bonchev–Trinajstić information content (AvgIpc) is 3.03. The van der Waals surface area contributed by atoms with Crippen LogP contribution in [-0.4, -0.2) is 42.4 Å². The molecule has 7 nitrogen and oxygen atoms in total. The zero-order chi connectivity index (χ0) is 20.8. The molecule has 150 valence electrons. The molecule has 0 saturated carbocycles. The van der Waals surface area contributed by atoms with E-state index in [1.807, 2.05) is 48.5 Å². The highest BCUT2D eigenvalue weighted by atomic mass is 16.6. The number of rotatable bonds is 8. The van der Waals surface area contributed by atoms with Crippen molar-refractivity contribution in [1.82, 2.24) is 5.32 Å². The van der Waals surface area contributed by atoms with E-state index in [-0.39, 0.29) is 19.1 Å². The Labute approximate surface area is 167 Å². The molecule has 0 aromatic heterocycles. The summed E-state index contributed by atoms with van der Waals surface area (Å²) in [5.41, 5.74) is 4.28. The lowest BCUT2D eigenvalue weighted by atomic mass is 9.98. The number of carbonyl (C=O) groups is 3. The van der Waals surface area contributed by atoms with Crippen molar-refractivity contribution in [3.8, 4) is 11.1 Å². The van der Waals surface area contributed by atoms with Crippen molar-refractivity contribution in [1.29, 1.82) is 0 Å². The molecule has 0 saturated heterocycles. The smallest absolute Gasteiger partial charge is 0.407 e. The van der Waals surface area contributed by atoms with E-state index < -0.39 is 30.5 Å². The number of esters is 1. The SMILES string of the molecule is C=CCOC(=O)[C@@H](CC(=O)O)NC(=O)OCC1c2ccccc2-c2ccccc21. The molecule has 0 bridgehead atoms. The van der Waals surface area contributed by atoms with E-state index in [1.165, 1.54) is 6.08 Å². The number of hydrogen-bond donors (Lipinski definition) is 2. The van der Waals surface area contributed by atoms with E-state index in [2.05, 4.69) is 11.9 Å². The standard InChI is InChI=1S/C22H21NO6/c1-2-11-28-21(26)19(12-20(24)25)23-22(27)29-13-18-16-9-5-3-7-14(16)15-8-4-6-10-17(15)18/h2-10,18-19H,1,11-13H2,(H,23,27)(H,24,25)/t19-/m1/s1. The average molecular weight is 395 g/mol. The second kappa shape index (κ2) is 9.05. The normalized spacial score (nSPS) is 13.0. The van der Waals surface area contributed by atoms with Crippen molar-refractivity contribution in [3.63, 3.8) is 0 Å². The molecular weight excluding hydrogens is 374 g/mol. The number of carbonyl (C=O) groups excluding carboxylic acids is 2. The first-order valence-corrected chi connectivity index (χ1v) is 9.12. The summed E-state index contributed by atoms with van der Waals surface area (Å²) in [4.78, 5) is 35.2. The van der Waals surface area contributed by atoms with Crippen LogP contribution in [0.2, 0.25) is 0 Å². The minimum absolute atomic E-state index is 0.0569. The summed E-state index contributed by atoms with van der Waals surface area (Å²) in [5, 5.41) is 11.3. The van der Waals surface area contributed by atoms with Gasteiger partial charge in [0.25, 0.3) is 0 Å². The van der Waals surface area contributed by atoms with Crippen molar-refractivity contribution < 1.29 is 29.0 Å². The Kier molecular flexibility index (Phi) is 6.29. The maximum absolute atomic E-state index is 12.2. The molecule has 29 heavy (non-hydrogen) atoms. The van der Waals surface area contributed by atoms with E-state index in [0.717, 1.165) is 22.3 Å². The summed E-state index contributed by atoms with van der Waals surface area (Å²) in [5.74, 6) is -2.25. The Morgan fingerprint density at radius 1 is 1.03 bits per heavy atom. The van der Waals surface area contributed by atoms with Crippen molar-refractivity contribution in [2.24, 2.45) is 0 Å². The first-order chi connectivity index (χ1) is 14.0. The van der Waals surface area contributed by atoms with Crippen molar-refractivity contribution in [3.05, 3.63) is 72.3 Å². The topological polar surface area (TPSA) is 102 Å². The fraction of sp³-hybridized carbons (Fsp3) is 0.227. The Morgan fingerprint density at radius 2 is 1.62 bits per heavy atom. The van der Waals surface area contributed by atoms with Crippen LogP contribution in [0.25, 0.3) is 11.1 Å². The molecule has 0 fully saturated rings.